The number of hydrogen-bond acceptors (Lipinski definition) is 5. The standard InChI is InChI=1S/C30H31N3O5/c1-20-8-5-6-11-23(20)19-33-26(29(35)31-18-25-12-7-17-37-25)27(38-30(33)36)21-13-15-24(16-14-21)32-28(34)22-9-3-2-4-10-22/h2-6,8-11,13-16,25-27H,7,12,17-19H2,1H3,(H,31,35)(H,32,34). The van der Waals surface area contributed by atoms with Gasteiger partial charge in [0.1, 0.15) is 0 Å². The Morgan fingerprint density at radius 1 is 0.974 bits per heavy atom. The van der Waals surface area contributed by atoms with Gasteiger partial charge < -0.3 is 20.1 Å². The van der Waals surface area contributed by atoms with Gasteiger partial charge in [0.05, 0.1) is 12.6 Å². The summed E-state index contributed by atoms with van der Waals surface area (Å²) in [5.41, 5.74) is 3.79. The molecule has 0 aliphatic carbocycles. The van der Waals surface area contributed by atoms with Crippen molar-refractivity contribution in [2.45, 2.75) is 44.6 Å². The SMILES string of the molecule is Cc1ccccc1CN1C(=O)OC(c2ccc(NC(=O)c3ccccc3)cc2)C1C(=O)NCC1CCCO1. The zero-order valence-corrected chi connectivity index (χ0v) is 21.3. The van der Waals surface area contributed by atoms with Gasteiger partial charge in [0, 0.05) is 24.4 Å². The molecule has 2 N–H and O–H groups in total. The van der Waals surface area contributed by atoms with Gasteiger partial charge in [-0.2, -0.15) is 0 Å². The second kappa shape index (κ2) is 11.5. The van der Waals surface area contributed by atoms with E-state index in [4.69, 9.17) is 9.47 Å². The Labute approximate surface area is 221 Å². The van der Waals surface area contributed by atoms with E-state index in [2.05, 4.69) is 10.6 Å². The summed E-state index contributed by atoms with van der Waals surface area (Å²) in [6.07, 6.45) is 0.507. The van der Waals surface area contributed by atoms with Crippen molar-refractivity contribution in [2.24, 2.45) is 0 Å². The van der Waals surface area contributed by atoms with Crippen molar-refractivity contribution >= 4 is 23.6 Å². The number of rotatable bonds is 8. The lowest BCUT2D eigenvalue weighted by Gasteiger charge is -2.25. The van der Waals surface area contributed by atoms with Crippen LogP contribution in [0.5, 0.6) is 0 Å². The molecule has 2 heterocycles. The number of carbonyl (C=O) groups excluding carboxylic acids is 3. The van der Waals surface area contributed by atoms with Gasteiger partial charge in [-0.25, -0.2) is 4.79 Å². The predicted octanol–water partition coefficient (Wildman–Crippen LogP) is 4.60. The van der Waals surface area contributed by atoms with E-state index in [1.807, 2.05) is 37.3 Å². The summed E-state index contributed by atoms with van der Waals surface area (Å²) in [6.45, 7) is 3.31. The molecule has 8 nitrogen and oxygen atoms in total. The highest BCUT2D eigenvalue weighted by molar-refractivity contribution is 6.04. The first-order chi connectivity index (χ1) is 18.5. The Morgan fingerprint density at radius 2 is 1.71 bits per heavy atom. The summed E-state index contributed by atoms with van der Waals surface area (Å²) >= 11 is 0. The van der Waals surface area contributed by atoms with Gasteiger partial charge in [-0.05, 0) is 60.7 Å². The minimum Gasteiger partial charge on any atom is -0.438 e. The minimum absolute atomic E-state index is 0.0206. The smallest absolute Gasteiger partial charge is 0.411 e. The van der Waals surface area contributed by atoms with E-state index in [0.717, 1.165) is 24.0 Å². The molecule has 38 heavy (non-hydrogen) atoms. The van der Waals surface area contributed by atoms with Crippen LogP contribution in [0.3, 0.4) is 0 Å². The van der Waals surface area contributed by atoms with Crippen molar-refractivity contribution in [2.75, 3.05) is 18.5 Å². The van der Waals surface area contributed by atoms with Crippen LogP contribution in [0.4, 0.5) is 10.5 Å². The van der Waals surface area contributed by atoms with Gasteiger partial charge in [-0.1, -0.05) is 54.6 Å². The molecule has 2 saturated heterocycles. The molecule has 3 aromatic carbocycles. The van der Waals surface area contributed by atoms with Gasteiger partial charge >= 0.3 is 6.09 Å². The van der Waals surface area contributed by atoms with Crippen molar-refractivity contribution in [1.82, 2.24) is 10.2 Å². The van der Waals surface area contributed by atoms with E-state index in [9.17, 15) is 14.4 Å². The summed E-state index contributed by atoms with van der Waals surface area (Å²) in [5, 5.41) is 5.85. The Balaban J connectivity index is 1.35. The van der Waals surface area contributed by atoms with E-state index in [1.54, 1.807) is 48.5 Å². The molecule has 2 fully saturated rings. The Morgan fingerprint density at radius 3 is 2.42 bits per heavy atom. The molecule has 3 aromatic rings. The molecule has 0 aromatic heterocycles. The van der Waals surface area contributed by atoms with Gasteiger partial charge in [-0.3, -0.25) is 14.5 Å². The van der Waals surface area contributed by atoms with Crippen LogP contribution in [0.25, 0.3) is 0 Å². The molecule has 196 valence electrons. The van der Waals surface area contributed by atoms with Gasteiger partial charge in [0.2, 0.25) is 5.91 Å². The lowest BCUT2D eigenvalue weighted by Crippen LogP contribution is -2.47. The number of carbonyl (C=O) groups is 3. The molecule has 0 radical (unpaired) electrons. The number of hydrogen-bond donors (Lipinski definition) is 2. The fraction of sp³-hybridized carbons (Fsp3) is 0.300. The normalized spacial score (nSPS) is 20.7. The first-order valence-electron chi connectivity index (χ1n) is 12.9. The molecule has 3 amide bonds. The molecular formula is C30H31N3O5. The molecule has 5 rings (SSSR count). The van der Waals surface area contributed by atoms with Crippen molar-refractivity contribution in [1.29, 1.82) is 0 Å². The van der Waals surface area contributed by atoms with Gasteiger partial charge in [0.25, 0.3) is 5.91 Å². The Hall–Kier alpha value is -4.17. The molecule has 0 bridgehead atoms. The van der Waals surface area contributed by atoms with Crippen LogP contribution in [-0.2, 0) is 20.8 Å². The van der Waals surface area contributed by atoms with Crippen LogP contribution in [0.1, 0.15) is 46.0 Å². The summed E-state index contributed by atoms with van der Waals surface area (Å²) < 4.78 is 11.4. The fourth-order valence-corrected chi connectivity index (χ4v) is 4.85. The largest absolute Gasteiger partial charge is 0.438 e. The average molecular weight is 514 g/mol. The number of ether oxygens (including phenoxy) is 2. The second-order valence-electron chi connectivity index (χ2n) is 9.63. The fourth-order valence-electron chi connectivity index (χ4n) is 4.85. The molecule has 2 aliphatic rings. The highest BCUT2D eigenvalue weighted by Crippen LogP contribution is 2.35. The highest BCUT2D eigenvalue weighted by Gasteiger charge is 2.47. The summed E-state index contributed by atoms with van der Waals surface area (Å²) in [7, 11) is 0. The van der Waals surface area contributed by atoms with Crippen LogP contribution in [-0.4, -0.2) is 48.1 Å². The lowest BCUT2D eigenvalue weighted by molar-refractivity contribution is -0.126. The highest BCUT2D eigenvalue weighted by atomic mass is 16.6. The van der Waals surface area contributed by atoms with E-state index >= 15 is 0 Å². The number of benzene rings is 3. The quantitative estimate of drug-likeness (QED) is 0.459. The third-order valence-corrected chi connectivity index (χ3v) is 7.02. The lowest BCUT2D eigenvalue weighted by atomic mass is 9.99. The second-order valence-corrected chi connectivity index (χ2v) is 9.63. The monoisotopic (exact) mass is 513 g/mol. The van der Waals surface area contributed by atoms with E-state index in [1.165, 1.54) is 4.90 Å². The van der Waals surface area contributed by atoms with Crippen molar-refractivity contribution < 1.29 is 23.9 Å². The summed E-state index contributed by atoms with van der Waals surface area (Å²) in [4.78, 5) is 40.6. The Kier molecular flexibility index (Phi) is 7.70. The maximum atomic E-state index is 13.5. The van der Waals surface area contributed by atoms with Crippen LogP contribution in [0, 0.1) is 6.92 Å². The Bertz CT molecular complexity index is 1290. The zero-order valence-electron chi connectivity index (χ0n) is 21.3. The van der Waals surface area contributed by atoms with Crippen molar-refractivity contribution in [3.05, 3.63) is 101 Å². The maximum absolute atomic E-state index is 13.5. The average Bonchev–Trinajstić information content (AvgIpc) is 3.57. The number of nitrogens with zero attached hydrogens (tertiary/aromatic N) is 1. The molecular weight excluding hydrogens is 482 g/mol. The summed E-state index contributed by atoms with van der Waals surface area (Å²) in [5.74, 6) is -0.507. The van der Waals surface area contributed by atoms with Gasteiger partial charge in [0.15, 0.2) is 12.1 Å². The van der Waals surface area contributed by atoms with E-state index in [-0.39, 0.29) is 24.5 Å². The third kappa shape index (κ3) is 5.70. The molecule has 0 saturated carbocycles. The molecule has 3 unspecified atom stereocenters. The van der Waals surface area contributed by atoms with Gasteiger partial charge in [-0.15, -0.1) is 0 Å². The number of anilines is 1. The first kappa shape index (κ1) is 25.5. The molecule has 0 spiro atoms. The number of nitrogens with one attached hydrogen (secondary N) is 2. The minimum atomic E-state index is -0.853. The number of amides is 3. The molecule has 2 aliphatic heterocycles. The number of cyclic esters (lactones) is 1. The maximum Gasteiger partial charge on any atom is 0.411 e. The van der Waals surface area contributed by atoms with Crippen LogP contribution in [0.15, 0.2) is 78.9 Å². The molecule has 8 heteroatoms. The zero-order chi connectivity index (χ0) is 26.5. The number of aryl methyl sites for hydroxylation is 1. The van der Waals surface area contributed by atoms with Crippen LogP contribution < -0.4 is 10.6 Å². The van der Waals surface area contributed by atoms with Crippen LogP contribution >= 0.6 is 0 Å². The van der Waals surface area contributed by atoms with Crippen LogP contribution in [0.2, 0.25) is 0 Å². The summed E-state index contributed by atoms with van der Waals surface area (Å²) in [6, 6.07) is 22.9. The first-order valence-corrected chi connectivity index (χ1v) is 12.9. The van der Waals surface area contributed by atoms with E-state index in [0.29, 0.717) is 30.0 Å². The molecule has 3 atom stereocenters. The van der Waals surface area contributed by atoms with Crippen molar-refractivity contribution in [3.63, 3.8) is 0 Å². The third-order valence-electron chi connectivity index (χ3n) is 7.02. The predicted molar refractivity (Wildman–Crippen MR) is 143 cm³/mol. The topological polar surface area (TPSA) is 97.0 Å². The van der Waals surface area contributed by atoms with E-state index < -0.39 is 18.2 Å². The van der Waals surface area contributed by atoms with Crippen molar-refractivity contribution in [3.8, 4) is 0 Å².